The zero-order chi connectivity index (χ0) is 13.5. The van der Waals surface area contributed by atoms with Crippen LogP contribution in [-0.4, -0.2) is 31.6 Å². The van der Waals surface area contributed by atoms with Crippen molar-refractivity contribution in [1.82, 2.24) is 0 Å². The van der Waals surface area contributed by atoms with Gasteiger partial charge in [-0.15, -0.1) is 0 Å². The molecule has 104 valence electrons. The number of aliphatic hydroxyl groups excluding tert-OH is 1. The van der Waals surface area contributed by atoms with E-state index in [-0.39, 0.29) is 12.0 Å². The first-order chi connectivity index (χ1) is 9.10. The minimum atomic E-state index is 0.210. The van der Waals surface area contributed by atoms with Crippen LogP contribution in [0.2, 0.25) is 0 Å². The Kier molecular flexibility index (Phi) is 3.05. The second-order valence-corrected chi connectivity index (χ2v) is 6.10. The number of hydrogen-bond donors (Lipinski definition) is 1. The summed E-state index contributed by atoms with van der Waals surface area (Å²) in [7, 11) is 0. The maximum atomic E-state index is 9.57. The van der Waals surface area contributed by atoms with Gasteiger partial charge in [0.2, 0.25) is 6.79 Å². The number of hydrogen-bond acceptors (Lipinski definition) is 4. The van der Waals surface area contributed by atoms with Crippen molar-refractivity contribution in [1.29, 1.82) is 0 Å². The smallest absolute Gasteiger partial charge is 0.231 e. The molecule has 0 spiro atoms. The van der Waals surface area contributed by atoms with Crippen molar-refractivity contribution in [2.24, 2.45) is 11.3 Å². The molecule has 4 nitrogen and oxygen atoms in total. The third kappa shape index (κ3) is 2.25. The van der Waals surface area contributed by atoms with E-state index in [1.165, 1.54) is 0 Å². The zero-order valence-corrected chi connectivity index (χ0v) is 11.6. The summed E-state index contributed by atoms with van der Waals surface area (Å²) in [5.41, 5.74) is 1.36. The minimum absolute atomic E-state index is 0.210. The van der Waals surface area contributed by atoms with Crippen LogP contribution in [0.25, 0.3) is 0 Å². The van der Waals surface area contributed by atoms with Gasteiger partial charge in [-0.05, 0) is 24.0 Å². The quantitative estimate of drug-likeness (QED) is 0.888. The summed E-state index contributed by atoms with van der Waals surface area (Å²) < 4.78 is 10.8. The van der Waals surface area contributed by atoms with E-state index >= 15 is 0 Å². The molecular formula is C15H21NO3. The molecule has 1 aromatic carbocycles. The number of anilines is 1. The molecule has 4 heteroatoms. The molecule has 0 bridgehead atoms. The average molecular weight is 263 g/mol. The van der Waals surface area contributed by atoms with E-state index in [2.05, 4.69) is 24.8 Å². The van der Waals surface area contributed by atoms with Gasteiger partial charge in [-0.2, -0.15) is 0 Å². The zero-order valence-electron chi connectivity index (χ0n) is 11.6. The highest BCUT2D eigenvalue weighted by atomic mass is 16.7. The lowest BCUT2D eigenvalue weighted by molar-refractivity contribution is 0.0967. The van der Waals surface area contributed by atoms with Crippen LogP contribution in [0.3, 0.4) is 0 Å². The fourth-order valence-electron chi connectivity index (χ4n) is 2.85. The molecule has 0 amide bonds. The van der Waals surface area contributed by atoms with Crippen LogP contribution in [-0.2, 0) is 0 Å². The number of fused-ring (bicyclic) bond motifs is 1. The predicted molar refractivity (Wildman–Crippen MR) is 73.8 cm³/mol. The van der Waals surface area contributed by atoms with Crippen LogP contribution in [0, 0.1) is 11.3 Å². The molecule has 2 aliphatic heterocycles. The lowest BCUT2D eigenvalue weighted by atomic mass is 9.73. The van der Waals surface area contributed by atoms with Crippen LogP contribution in [0.4, 0.5) is 5.69 Å². The Morgan fingerprint density at radius 2 is 2.11 bits per heavy atom. The standard InChI is InChI=1S/C15H21NO3/c1-15(2)5-6-16(8-11(15)9-17)12-3-4-13-14(7-12)19-10-18-13/h3-4,7,11,17H,5-6,8-10H2,1-2H3. The van der Waals surface area contributed by atoms with Crippen molar-refractivity contribution in [2.75, 3.05) is 31.4 Å². The summed E-state index contributed by atoms with van der Waals surface area (Å²) >= 11 is 0. The Balaban J connectivity index is 1.80. The topological polar surface area (TPSA) is 41.9 Å². The van der Waals surface area contributed by atoms with Gasteiger partial charge in [0.25, 0.3) is 0 Å². The van der Waals surface area contributed by atoms with Gasteiger partial charge in [0.1, 0.15) is 0 Å². The maximum Gasteiger partial charge on any atom is 0.231 e. The molecule has 1 N–H and O–H groups in total. The van der Waals surface area contributed by atoms with Gasteiger partial charge in [-0.25, -0.2) is 0 Å². The van der Waals surface area contributed by atoms with Gasteiger partial charge in [0, 0.05) is 37.4 Å². The SMILES string of the molecule is CC1(C)CCN(c2ccc3c(c2)OCO3)CC1CO. The fraction of sp³-hybridized carbons (Fsp3) is 0.600. The van der Waals surface area contributed by atoms with E-state index in [4.69, 9.17) is 9.47 Å². The van der Waals surface area contributed by atoms with Crippen LogP contribution >= 0.6 is 0 Å². The molecule has 0 aromatic heterocycles. The van der Waals surface area contributed by atoms with E-state index in [1.807, 2.05) is 12.1 Å². The molecular weight excluding hydrogens is 242 g/mol. The molecule has 3 rings (SSSR count). The Morgan fingerprint density at radius 3 is 2.89 bits per heavy atom. The highest BCUT2D eigenvalue weighted by Crippen LogP contribution is 2.40. The molecule has 0 radical (unpaired) electrons. The van der Waals surface area contributed by atoms with E-state index in [0.29, 0.717) is 12.7 Å². The Hall–Kier alpha value is -1.42. The molecule has 2 heterocycles. The molecule has 1 unspecified atom stereocenters. The van der Waals surface area contributed by atoms with Crippen molar-refractivity contribution < 1.29 is 14.6 Å². The third-order valence-corrected chi connectivity index (χ3v) is 4.51. The summed E-state index contributed by atoms with van der Waals surface area (Å²) in [6.07, 6.45) is 1.09. The summed E-state index contributed by atoms with van der Waals surface area (Å²) in [6.45, 7) is 6.95. The lowest BCUT2D eigenvalue weighted by Crippen LogP contribution is -2.46. The molecule has 19 heavy (non-hydrogen) atoms. The number of aliphatic hydroxyl groups is 1. The van der Waals surface area contributed by atoms with Gasteiger partial charge in [-0.1, -0.05) is 13.8 Å². The Labute approximate surface area is 113 Å². The van der Waals surface area contributed by atoms with Gasteiger partial charge in [0.15, 0.2) is 11.5 Å². The van der Waals surface area contributed by atoms with E-state index in [1.54, 1.807) is 0 Å². The highest BCUT2D eigenvalue weighted by Gasteiger charge is 2.35. The van der Waals surface area contributed by atoms with Crippen LogP contribution in [0.5, 0.6) is 11.5 Å². The lowest BCUT2D eigenvalue weighted by Gasteiger charge is -2.44. The number of ether oxygens (including phenoxy) is 2. The largest absolute Gasteiger partial charge is 0.454 e. The van der Waals surface area contributed by atoms with Crippen LogP contribution in [0.1, 0.15) is 20.3 Å². The number of benzene rings is 1. The Morgan fingerprint density at radius 1 is 1.32 bits per heavy atom. The monoisotopic (exact) mass is 263 g/mol. The summed E-state index contributed by atoms with van der Waals surface area (Å²) in [6, 6.07) is 6.07. The third-order valence-electron chi connectivity index (χ3n) is 4.51. The molecule has 1 aromatic rings. The van der Waals surface area contributed by atoms with Gasteiger partial charge < -0.3 is 19.5 Å². The van der Waals surface area contributed by atoms with Gasteiger partial charge in [-0.3, -0.25) is 0 Å². The highest BCUT2D eigenvalue weighted by molar-refractivity contribution is 5.57. The van der Waals surface area contributed by atoms with Crippen LogP contribution in [0.15, 0.2) is 18.2 Å². The van der Waals surface area contributed by atoms with E-state index in [0.717, 1.165) is 36.7 Å². The van der Waals surface area contributed by atoms with Crippen molar-refractivity contribution >= 4 is 5.69 Å². The normalized spacial score (nSPS) is 24.6. The number of piperidine rings is 1. The second kappa shape index (κ2) is 4.60. The first-order valence-corrected chi connectivity index (χ1v) is 6.85. The summed E-state index contributed by atoms with van der Waals surface area (Å²) in [5, 5.41) is 9.57. The molecule has 1 atom stereocenters. The molecule has 1 saturated heterocycles. The molecule has 0 aliphatic carbocycles. The molecule has 0 saturated carbocycles. The van der Waals surface area contributed by atoms with E-state index < -0.39 is 0 Å². The molecule has 2 aliphatic rings. The van der Waals surface area contributed by atoms with Crippen molar-refractivity contribution in [3.8, 4) is 11.5 Å². The first kappa shape index (κ1) is 12.6. The van der Waals surface area contributed by atoms with Crippen molar-refractivity contribution in [2.45, 2.75) is 20.3 Å². The first-order valence-electron chi connectivity index (χ1n) is 6.85. The maximum absolute atomic E-state index is 9.57. The average Bonchev–Trinajstić information content (AvgIpc) is 2.85. The Bertz CT molecular complexity index is 472. The molecule has 1 fully saturated rings. The van der Waals surface area contributed by atoms with E-state index in [9.17, 15) is 5.11 Å². The second-order valence-electron chi connectivity index (χ2n) is 6.10. The van der Waals surface area contributed by atoms with Crippen LogP contribution < -0.4 is 14.4 Å². The van der Waals surface area contributed by atoms with Gasteiger partial charge >= 0.3 is 0 Å². The predicted octanol–water partition coefficient (Wildman–Crippen LogP) is 2.26. The minimum Gasteiger partial charge on any atom is -0.454 e. The number of rotatable bonds is 2. The summed E-state index contributed by atoms with van der Waals surface area (Å²) in [4.78, 5) is 2.33. The fourth-order valence-corrected chi connectivity index (χ4v) is 2.85. The van der Waals surface area contributed by atoms with Gasteiger partial charge in [0.05, 0.1) is 0 Å². The number of nitrogens with zero attached hydrogens (tertiary/aromatic N) is 1. The van der Waals surface area contributed by atoms with Crippen molar-refractivity contribution in [3.63, 3.8) is 0 Å². The summed E-state index contributed by atoms with van der Waals surface area (Å²) in [5.74, 6) is 1.95. The van der Waals surface area contributed by atoms with Crippen molar-refractivity contribution in [3.05, 3.63) is 18.2 Å².